The second-order valence-electron chi connectivity index (χ2n) is 3.74. The number of aromatic nitrogens is 2. The van der Waals surface area contributed by atoms with E-state index in [1.54, 1.807) is 18.3 Å². The van der Waals surface area contributed by atoms with Gasteiger partial charge in [-0.1, -0.05) is 0 Å². The number of pyridine rings is 2. The van der Waals surface area contributed by atoms with Gasteiger partial charge in [0.1, 0.15) is 5.82 Å². The molecule has 0 unspecified atom stereocenters. The second kappa shape index (κ2) is 5.14. The van der Waals surface area contributed by atoms with Gasteiger partial charge in [0.25, 0.3) is 5.91 Å². The molecule has 92 valence electrons. The Kier molecular flexibility index (Phi) is 3.57. The maximum absolute atomic E-state index is 12.0. The van der Waals surface area contributed by atoms with Crippen LogP contribution in [0.25, 0.3) is 0 Å². The molecule has 0 saturated heterocycles. The Morgan fingerprint density at radius 2 is 2.22 bits per heavy atom. The standard InChI is InChI=1S/C12H11BrN4O/c1-7-4-11(16-5-9(7)13)17-12(18)8-2-3-15-6-10(8)14/h2-6H,14H2,1H3,(H,16,17,18). The van der Waals surface area contributed by atoms with Crippen LogP contribution in [0, 0.1) is 6.92 Å². The molecule has 0 atom stereocenters. The maximum Gasteiger partial charge on any atom is 0.259 e. The van der Waals surface area contributed by atoms with Crippen LogP contribution in [0.1, 0.15) is 15.9 Å². The highest BCUT2D eigenvalue weighted by Crippen LogP contribution is 2.18. The molecule has 3 N–H and O–H groups in total. The molecule has 0 spiro atoms. The van der Waals surface area contributed by atoms with Gasteiger partial charge in [-0.15, -0.1) is 0 Å². The molecule has 2 aromatic rings. The zero-order valence-electron chi connectivity index (χ0n) is 9.64. The molecule has 0 aliphatic heterocycles. The molecule has 2 heterocycles. The lowest BCUT2D eigenvalue weighted by molar-refractivity contribution is 0.102. The molecular formula is C12H11BrN4O. The van der Waals surface area contributed by atoms with Crippen molar-refractivity contribution in [3.8, 4) is 0 Å². The molecule has 0 aliphatic rings. The number of hydrogen-bond donors (Lipinski definition) is 2. The van der Waals surface area contributed by atoms with Crippen LogP contribution in [0.3, 0.4) is 0 Å². The van der Waals surface area contributed by atoms with E-state index >= 15 is 0 Å². The van der Waals surface area contributed by atoms with Crippen molar-refractivity contribution < 1.29 is 4.79 Å². The Morgan fingerprint density at radius 1 is 1.44 bits per heavy atom. The fourth-order valence-electron chi connectivity index (χ4n) is 1.40. The summed E-state index contributed by atoms with van der Waals surface area (Å²) in [5.41, 5.74) is 7.39. The van der Waals surface area contributed by atoms with Crippen LogP contribution in [0.5, 0.6) is 0 Å². The number of anilines is 2. The molecule has 0 saturated carbocycles. The van der Waals surface area contributed by atoms with E-state index in [9.17, 15) is 4.79 Å². The van der Waals surface area contributed by atoms with E-state index < -0.39 is 0 Å². The van der Waals surface area contributed by atoms with Gasteiger partial charge in [0.2, 0.25) is 0 Å². The largest absolute Gasteiger partial charge is 0.397 e. The van der Waals surface area contributed by atoms with Crippen molar-refractivity contribution in [2.24, 2.45) is 0 Å². The topological polar surface area (TPSA) is 80.9 Å². The van der Waals surface area contributed by atoms with Gasteiger partial charge >= 0.3 is 0 Å². The van der Waals surface area contributed by atoms with Crippen LogP contribution < -0.4 is 11.1 Å². The highest BCUT2D eigenvalue weighted by molar-refractivity contribution is 9.10. The Morgan fingerprint density at radius 3 is 2.89 bits per heavy atom. The molecule has 0 radical (unpaired) electrons. The molecule has 5 nitrogen and oxygen atoms in total. The Balaban J connectivity index is 2.22. The first kappa shape index (κ1) is 12.5. The lowest BCUT2D eigenvalue weighted by atomic mass is 10.2. The number of carbonyl (C=O) groups is 1. The molecule has 0 aromatic carbocycles. The maximum atomic E-state index is 12.0. The summed E-state index contributed by atoms with van der Waals surface area (Å²) in [7, 11) is 0. The number of carbonyl (C=O) groups excluding carboxylic acids is 1. The van der Waals surface area contributed by atoms with Gasteiger partial charge in [0.15, 0.2) is 0 Å². The lowest BCUT2D eigenvalue weighted by Crippen LogP contribution is -2.15. The van der Waals surface area contributed by atoms with Gasteiger partial charge in [0.05, 0.1) is 17.4 Å². The average molecular weight is 307 g/mol. The SMILES string of the molecule is Cc1cc(NC(=O)c2ccncc2N)ncc1Br. The Hall–Kier alpha value is -1.95. The van der Waals surface area contributed by atoms with Crippen LogP contribution in [0.15, 0.2) is 35.2 Å². The monoisotopic (exact) mass is 306 g/mol. The molecule has 0 aliphatic carbocycles. The third kappa shape index (κ3) is 2.65. The normalized spacial score (nSPS) is 10.1. The summed E-state index contributed by atoms with van der Waals surface area (Å²) in [6, 6.07) is 3.34. The molecule has 18 heavy (non-hydrogen) atoms. The smallest absolute Gasteiger partial charge is 0.259 e. The van der Waals surface area contributed by atoms with E-state index in [1.165, 1.54) is 12.4 Å². The summed E-state index contributed by atoms with van der Waals surface area (Å²) in [4.78, 5) is 19.9. The van der Waals surface area contributed by atoms with Crippen LogP contribution in [-0.4, -0.2) is 15.9 Å². The first-order valence-corrected chi connectivity index (χ1v) is 6.00. The van der Waals surface area contributed by atoms with Gasteiger partial charge in [-0.2, -0.15) is 0 Å². The third-order valence-corrected chi connectivity index (χ3v) is 3.22. The lowest BCUT2D eigenvalue weighted by Gasteiger charge is -2.07. The minimum absolute atomic E-state index is 0.302. The molecule has 2 aromatic heterocycles. The second-order valence-corrected chi connectivity index (χ2v) is 4.59. The van der Waals surface area contributed by atoms with Crippen molar-refractivity contribution in [1.29, 1.82) is 0 Å². The average Bonchev–Trinajstić information content (AvgIpc) is 2.34. The minimum atomic E-state index is -0.302. The summed E-state index contributed by atoms with van der Waals surface area (Å²) >= 11 is 3.35. The molecule has 6 heteroatoms. The molecular weight excluding hydrogens is 296 g/mol. The van der Waals surface area contributed by atoms with Crippen LogP contribution in [0.2, 0.25) is 0 Å². The molecule has 2 rings (SSSR count). The van der Waals surface area contributed by atoms with Crippen molar-refractivity contribution in [1.82, 2.24) is 9.97 Å². The number of aryl methyl sites for hydroxylation is 1. The van der Waals surface area contributed by atoms with E-state index in [-0.39, 0.29) is 5.91 Å². The van der Waals surface area contributed by atoms with E-state index in [0.717, 1.165) is 10.0 Å². The van der Waals surface area contributed by atoms with Crippen molar-refractivity contribution in [3.05, 3.63) is 46.3 Å². The summed E-state index contributed by atoms with van der Waals surface area (Å²) in [6.07, 6.45) is 4.60. The van der Waals surface area contributed by atoms with Crippen molar-refractivity contribution in [3.63, 3.8) is 0 Å². The van der Waals surface area contributed by atoms with E-state index in [0.29, 0.717) is 17.1 Å². The third-order valence-electron chi connectivity index (χ3n) is 2.39. The van der Waals surface area contributed by atoms with Gasteiger partial charge in [0, 0.05) is 16.9 Å². The Bertz CT molecular complexity index is 600. The van der Waals surface area contributed by atoms with Crippen molar-refractivity contribution >= 4 is 33.3 Å². The van der Waals surface area contributed by atoms with Gasteiger partial charge in [-0.25, -0.2) is 4.98 Å². The number of nitrogens with zero attached hydrogens (tertiary/aromatic N) is 2. The van der Waals surface area contributed by atoms with Gasteiger partial charge < -0.3 is 11.1 Å². The quantitative estimate of drug-likeness (QED) is 0.892. The van der Waals surface area contributed by atoms with E-state index in [4.69, 9.17) is 5.73 Å². The van der Waals surface area contributed by atoms with E-state index in [1.807, 2.05) is 6.92 Å². The molecule has 0 fully saturated rings. The number of nitrogens with two attached hydrogens (primary N) is 1. The predicted octanol–water partition coefficient (Wildman–Crippen LogP) is 2.38. The number of halogens is 1. The first-order valence-electron chi connectivity index (χ1n) is 5.21. The summed E-state index contributed by atoms with van der Waals surface area (Å²) < 4.78 is 0.893. The van der Waals surface area contributed by atoms with Crippen molar-refractivity contribution in [2.45, 2.75) is 6.92 Å². The number of nitrogens with one attached hydrogen (secondary N) is 1. The zero-order valence-corrected chi connectivity index (χ0v) is 11.2. The minimum Gasteiger partial charge on any atom is -0.397 e. The van der Waals surface area contributed by atoms with Crippen LogP contribution in [0.4, 0.5) is 11.5 Å². The molecule has 0 bridgehead atoms. The summed E-state index contributed by atoms with van der Waals surface area (Å²) in [5, 5.41) is 2.69. The summed E-state index contributed by atoms with van der Waals surface area (Å²) in [5.74, 6) is 0.182. The number of rotatable bonds is 2. The van der Waals surface area contributed by atoms with Gasteiger partial charge in [-0.05, 0) is 40.5 Å². The van der Waals surface area contributed by atoms with Crippen LogP contribution >= 0.6 is 15.9 Å². The predicted molar refractivity (Wildman–Crippen MR) is 73.3 cm³/mol. The summed E-state index contributed by atoms with van der Waals surface area (Å²) in [6.45, 7) is 1.92. The fraction of sp³-hybridized carbons (Fsp3) is 0.0833. The fourth-order valence-corrected chi connectivity index (χ4v) is 1.62. The number of hydrogen-bond acceptors (Lipinski definition) is 4. The van der Waals surface area contributed by atoms with Crippen LogP contribution in [-0.2, 0) is 0 Å². The van der Waals surface area contributed by atoms with Crippen molar-refractivity contribution in [2.75, 3.05) is 11.1 Å². The highest BCUT2D eigenvalue weighted by atomic mass is 79.9. The number of nitrogen functional groups attached to an aromatic ring is 1. The van der Waals surface area contributed by atoms with Gasteiger partial charge in [-0.3, -0.25) is 9.78 Å². The number of amides is 1. The van der Waals surface area contributed by atoms with E-state index in [2.05, 4.69) is 31.2 Å². The first-order chi connectivity index (χ1) is 8.58. The highest BCUT2D eigenvalue weighted by Gasteiger charge is 2.10. The Labute approximate surface area is 113 Å². The zero-order chi connectivity index (χ0) is 13.1. The molecule has 1 amide bonds.